The molecule has 0 aliphatic heterocycles. The summed E-state index contributed by atoms with van der Waals surface area (Å²) in [5.41, 5.74) is 11.1. The Hall–Kier alpha value is -4.39. The molecule has 0 atom stereocenters. The van der Waals surface area contributed by atoms with Crippen LogP contribution in [0.5, 0.6) is 0 Å². The van der Waals surface area contributed by atoms with Gasteiger partial charge >= 0.3 is 6.03 Å². The highest BCUT2D eigenvalue weighted by Gasteiger charge is 2.15. The van der Waals surface area contributed by atoms with Gasteiger partial charge in [-0.05, 0) is 53.3 Å². The van der Waals surface area contributed by atoms with Crippen LogP contribution >= 0.6 is 0 Å². The third-order valence-corrected chi connectivity index (χ3v) is 5.22. The molecule has 7 heteroatoms. The van der Waals surface area contributed by atoms with Gasteiger partial charge in [0.1, 0.15) is 5.82 Å². The summed E-state index contributed by atoms with van der Waals surface area (Å²) >= 11 is 0. The van der Waals surface area contributed by atoms with E-state index in [1.165, 1.54) is 0 Å². The third kappa shape index (κ3) is 3.42. The number of urea groups is 1. The van der Waals surface area contributed by atoms with Gasteiger partial charge in [-0.2, -0.15) is 5.10 Å². The average molecular weight is 408 g/mol. The number of nitrogen functional groups attached to an aromatic ring is 1. The number of nitrogens with one attached hydrogen (secondary N) is 3. The number of hydrogen-bond donors (Lipinski definition) is 4. The summed E-state index contributed by atoms with van der Waals surface area (Å²) in [6, 6.07) is 21.1. The number of carbonyl (C=O) groups excluding carboxylic acids is 1. The fourth-order valence-electron chi connectivity index (χ4n) is 3.84. The number of fused-ring (bicyclic) bond motifs is 2. The minimum absolute atomic E-state index is 0.297. The molecular weight excluding hydrogens is 388 g/mol. The van der Waals surface area contributed by atoms with E-state index >= 15 is 0 Å². The number of aromatic nitrogens is 3. The van der Waals surface area contributed by atoms with Gasteiger partial charge in [-0.15, -0.1) is 0 Å². The zero-order chi connectivity index (χ0) is 21.4. The molecule has 5 N–H and O–H groups in total. The summed E-state index contributed by atoms with van der Waals surface area (Å²) in [7, 11) is 0. The number of carbonyl (C=O) groups is 1. The number of aromatic amines is 1. The number of nitrogens with zero attached hydrogens (tertiary/aromatic N) is 2. The van der Waals surface area contributed by atoms with E-state index < -0.39 is 0 Å². The van der Waals surface area contributed by atoms with Gasteiger partial charge in [-0.1, -0.05) is 42.5 Å². The highest BCUT2D eigenvalue weighted by Crippen LogP contribution is 2.37. The molecule has 0 fully saturated rings. The lowest BCUT2D eigenvalue weighted by atomic mass is 9.96. The van der Waals surface area contributed by atoms with E-state index in [-0.39, 0.29) is 6.03 Å². The van der Waals surface area contributed by atoms with Crippen molar-refractivity contribution in [2.75, 3.05) is 16.4 Å². The van der Waals surface area contributed by atoms with E-state index in [4.69, 9.17) is 5.73 Å². The molecular formula is C24H20N6O. The van der Waals surface area contributed by atoms with E-state index in [0.29, 0.717) is 11.5 Å². The molecule has 5 rings (SSSR count). The van der Waals surface area contributed by atoms with E-state index in [9.17, 15) is 4.79 Å². The summed E-state index contributed by atoms with van der Waals surface area (Å²) in [5, 5.41) is 15.5. The fourth-order valence-corrected chi connectivity index (χ4v) is 3.84. The molecule has 0 aliphatic rings. The van der Waals surface area contributed by atoms with E-state index in [0.717, 1.165) is 44.2 Å². The normalized spacial score (nSPS) is 11.0. The predicted octanol–water partition coefficient (Wildman–Crippen LogP) is 5.31. The summed E-state index contributed by atoms with van der Waals surface area (Å²) in [6.07, 6.45) is 1.72. The van der Waals surface area contributed by atoms with Crippen molar-refractivity contribution >= 4 is 45.0 Å². The Morgan fingerprint density at radius 1 is 0.935 bits per heavy atom. The highest BCUT2D eigenvalue weighted by atomic mass is 16.2. The Morgan fingerprint density at radius 3 is 2.61 bits per heavy atom. The van der Waals surface area contributed by atoms with E-state index in [2.05, 4.69) is 25.8 Å². The SMILES string of the molecule is Cc1cccc(NC(=O)Nc2ccc(-c3ccnc4n[nH]c(N)c34)c3ccccc23)c1. The van der Waals surface area contributed by atoms with E-state index in [1.54, 1.807) is 6.20 Å². The molecule has 2 heterocycles. The van der Waals surface area contributed by atoms with Crippen molar-refractivity contribution in [2.45, 2.75) is 6.92 Å². The average Bonchev–Trinajstić information content (AvgIpc) is 3.15. The molecule has 0 radical (unpaired) electrons. The Labute approximate surface area is 178 Å². The molecule has 2 aromatic heterocycles. The van der Waals surface area contributed by atoms with E-state index in [1.807, 2.05) is 73.7 Å². The first-order chi connectivity index (χ1) is 15.1. The number of anilines is 3. The smallest absolute Gasteiger partial charge is 0.323 e. The Kier molecular flexibility index (Phi) is 4.48. The van der Waals surface area contributed by atoms with Gasteiger partial charge in [0.15, 0.2) is 5.65 Å². The van der Waals surface area contributed by atoms with Crippen LogP contribution in [0.2, 0.25) is 0 Å². The zero-order valence-corrected chi connectivity index (χ0v) is 16.8. The van der Waals surface area contributed by atoms with Crippen molar-refractivity contribution in [1.82, 2.24) is 15.2 Å². The van der Waals surface area contributed by atoms with Gasteiger partial charge < -0.3 is 16.4 Å². The van der Waals surface area contributed by atoms with Crippen molar-refractivity contribution < 1.29 is 4.79 Å². The van der Waals surface area contributed by atoms with Gasteiger partial charge in [0.25, 0.3) is 0 Å². The van der Waals surface area contributed by atoms with Gasteiger partial charge in [-0.3, -0.25) is 5.10 Å². The predicted molar refractivity (Wildman–Crippen MR) is 125 cm³/mol. The summed E-state index contributed by atoms with van der Waals surface area (Å²) in [4.78, 5) is 16.9. The molecule has 0 spiro atoms. The van der Waals surface area contributed by atoms with Gasteiger partial charge in [0.2, 0.25) is 0 Å². The number of hydrogen-bond acceptors (Lipinski definition) is 4. The molecule has 31 heavy (non-hydrogen) atoms. The second-order valence-corrected chi connectivity index (χ2v) is 7.35. The Morgan fingerprint density at radius 2 is 1.77 bits per heavy atom. The number of aryl methyl sites for hydroxylation is 1. The van der Waals surface area contributed by atoms with Crippen LogP contribution in [0, 0.1) is 6.92 Å². The van der Waals surface area contributed by atoms with Crippen LogP contribution in [0.25, 0.3) is 32.9 Å². The number of amides is 2. The summed E-state index contributed by atoms with van der Waals surface area (Å²) in [5.74, 6) is 0.474. The number of rotatable bonds is 3. The standard InChI is InChI=1S/C24H20N6O/c1-14-5-4-6-15(13-14)27-24(31)28-20-10-9-17(16-7-2-3-8-18(16)20)19-11-12-26-23-21(19)22(25)29-30-23/h2-13H,1H3,(H2,27,28,31)(H3,25,26,29,30). The second-order valence-electron chi connectivity index (χ2n) is 7.35. The fraction of sp³-hybridized carbons (Fsp3) is 0.0417. The van der Waals surface area contributed by atoms with Crippen LogP contribution in [0.15, 0.2) is 72.9 Å². The molecule has 0 aliphatic carbocycles. The topological polar surface area (TPSA) is 109 Å². The monoisotopic (exact) mass is 408 g/mol. The first-order valence-electron chi connectivity index (χ1n) is 9.85. The van der Waals surface area contributed by atoms with Crippen molar-refractivity contribution in [2.24, 2.45) is 0 Å². The van der Waals surface area contributed by atoms with Crippen LogP contribution in [0.4, 0.5) is 22.0 Å². The maximum atomic E-state index is 12.6. The molecule has 0 bridgehead atoms. The van der Waals surface area contributed by atoms with Crippen molar-refractivity contribution in [3.05, 3.63) is 78.5 Å². The minimum atomic E-state index is -0.297. The lowest BCUT2D eigenvalue weighted by Crippen LogP contribution is -2.19. The maximum absolute atomic E-state index is 12.6. The summed E-state index contributed by atoms with van der Waals surface area (Å²) < 4.78 is 0. The lowest BCUT2D eigenvalue weighted by Gasteiger charge is -2.14. The molecule has 3 aromatic carbocycles. The second kappa shape index (κ2) is 7.46. The quantitative estimate of drug-likeness (QED) is 0.324. The number of benzene rings is 3. The number of H-pyrrole nitrogens is 1. The summed E-state index contributed by atoms with van der Waals surface area (Å²) in [6.45, 7) is 1.98. The van der Waals surface area contributed by atoms with Crippen LogP contribution in [0.3, 0.4) is 0 Å². The molecule has 7 nitrogen and oxygen atoms in total. The molecule has 2 amide bonds. The first kappa shape index (κ1) is 18.6. The van der Waals surface area contributed by atoms with Crippen LogP contribution in [0.1, 0.15) is 5.56 Å². The Bertz CT molecular complexity index is 1440. The molecule has 0 saturated carbocycles. The number of nitrogens with two attached hydrogens (primary N) is 1. The van der Waals surface area contributed by atoms with Gasteiger partial charge in [0, 0.05) is 17.3 Å². The molecule has 0 unspecified atom stereocenters. The first-order valence-corrected chi connectivity index (χ1v) is 9.85. The van der Waals surface area contributed by atoms with Crippen molar-refractivity contribution in [1.29, 1.82) is 0 Å². The molecule has 0 saturated heterocycles. The lowest BCUT2D eigenvalue weighted by molar-refractivity contribution is 0.262. The number of pyridine rings is 1. The van der Waals surface area contributed by atoms with Crippen LogP contribution in [-0.2, 0) is 0 Å². The van der Waals surface area contributed by atoms with Crippen molar-refractivity contribution in [3.8, 4) is 11.1 Å². The van der Waals surface area contributed by atoms with Crippen LogP contribution in [-0.4, -0.2) is 21.2 Å². The van der Waals surface area contributed by atoms with Gasteiger partial charge in [-0.25, -0.2) is 9.78 Å². The molecule has 152 valence electrons. The Balaban J connectivity index is 1.55. The maximum Gasteiger partial charge on any atom is 0.323 e. The zero-order valence-electron chi connectivity index (χ0n) is 16.8. The van der Waals surface area contributed by atoms with Crippen molar-refractivity contribution in [3.63, 3.8) is 0 Å². The largest absolute Gasteiger partial charge is 0.383 e. The molecule has 5 aromatic rings. The van der Waals surface area contributed by atoms with Crippen LogP contribution < -0.4 is 16.4 Å². The third-order valence-electron chi connectivity index (χ3n) is 5.22. The minimum Gasteiger partial charge on any atom is -0.383 e. The van der Waals surface area contributed by atoms with Gasteiger partial charge in [0.05, 0.1) is 11.1 Å². The highest BCUT2D eigenvalue weighted by molar-refractivity contribution is 6.12.